The first-order chi connectivity index (χ1) is 9.90. The molecule has 2 aromatic rings. The van der Waals surface area contributed by atoms with E-state index in [1.807, 2.05) is 18.3 Å². The lowest BCUT2D eigenvalue weighted by Crippen LogP contribution is -2.17. The molecule has 1 unspecified atom stereocenters. The molecule has 0 aliphatic rings. The second-order valence-electron chi connectivity index (χ2n) is 6.26. The van der Waals surface area contributed by atoms with Crippen LogP contribution in [0.5, 0.6) is 5.75 Å². The van der Waals surface area contributed by atoms with E-state index in [0.29, 0.717) is 6.04 Å². The van der Waals surface area contributed by atoms with Gasteiger partial charge in [0.05, 0.1) is 12.1 Å². The highest BCUT2D eigenvalue weighted by Gasteiger charge is 2.18. The molecule has 1 heterocycles. The zero-order valence-electron chi connectivity index (χ0n) is 13.4. The number of benzene rings is 1. The van der Waals surface area contributed by atoms with Gasteiger partial charge in [-0.05, 0) is 24.6 Å². The number of nitrogens with one attached hydrogen (secondary N) is 1. The Morgan fingerprint density at radius 3 is 2.43 bits per heavy atom. The Balaban J connectivity index is 1.94. The molecule has 0 saturated heterocycles. The maximum Gasteiger partial charge on any atom is 0.118 e. The van der Waals surface area contributed by atoms with Crippen LogP contribution in [0.2, 0.25) is 0 Å². The van der Waals surface area contributed by atoms with Crippen molar-refractivity contribution in [1.82, 2.24) is 10.3 Å². The first-order valence-corrected chi connectivity index (χ1v) is 8.04. The van der Waals surface area contributed by atoms with E-state index < -0.39 is 0 Å². The Labute approximate surface area is 131 Å². The molecule has 1 aromatic carbocycles. The van der Waals surface area contributed by atoms with Gasteiger partial charge in [0.15, 0.2) is 0 Å². The van der Waals surface area contributed by atoms with Crippen molar-refractivity contribution in [3.8, 4) is 5.75 Å². The summed E-state index contributed by atoms with van der Waals surface area (Å²) >= 11 is 1.79. The molecule has 0 spiro atoms. The summed E-state index contributed by atoms with van der Waals surface area (Å²) in [4.78, 5) is 5.80. The molecule has 0 bridgehead atoms. The molecule has 0 radical (unpaired) electrons. The zero-order valence-corrected chi connectivity index (χ0v) is 14.3. The number of thiazole rings is 1. The first-order valence-electron chi connectivity index (χ1n) is 7.22. The van der Waals surface area contributed by atoms with Crippen LogP contribution in [0, 0.1) is 0 Å². The molecule has 0 amide bonds. The highest BCUT2D eigenvalue weighted by Crippen LogP contribution is 2.27. The normalized spacial score (nSPS) is 13.2. The van der Waals surface area contributed by atoms with E-state index in [4.69, 9.17) is 4.74 Å². The molecule has 3 nitrogen and oxygen atoms in total. The molecule has 0 aliphatic heterocycles. The molecular weight excluding hydrogens is 280 g/mol. The molecular formula is C17H24N2OS. The fraction of sp³-hybridized carbons (Fsp3) is 0.471. The second kappa shape index (κ2) is 6.58. The maximum absolute atomic E-state index is 5.19. The molecule has 2 rings (SSSR count). The zero-order chi connectivity index (χ0) is 15.5. The Morgan fingerprint density at radius 2 is 1.90 bits per heavy atom. The topological polar surface area (TPSA) is 34.1 Å². The number of hydrogen-bond donors (Lipinski definition) is 1. The van der Waals surface area contributed by atoms with Gasteiger partial charge in [-0.2, -0.15) is 0 Å². The summed E-state index contributed by atoms with van der Waals surface area (Å²) in [6, 6.07) is 8.50. The van der Waals surface area contributed by atoms with Crippen molar-refractivity contribution in [2.45, 2.75) is 45.7 Å². The summed E-state index contributed by atoms with van der Waals surface area (Å²) in [6.45, 7) is 9.61. The molecule has 0 aliphatic carbocycles. The lowest BCUT2D eigenvalue weighted by molar-refractivity contribution is 0.414. The molecule has 0 saturated carbocycles. The van der Waals surface area contributed by atoms with Crippen molar-refractivity contribution in [3.63, 3.8) is 0 Å². The summed E-state index contributed by atoms with van der Waals surface area (Å²) < 4.78 is 5.19. The van der Waals surface area contributed by atoms with Gasteiger partial charge in [0.25, 0.3) is 0 Å². The van der Waals surface area contributed by atoms with Crippen molar-refractivity contribution < 1.29 is 4.74 Å². The van der Waals surface area contributed by atoms with Crippen molar-refractivity contribution in [2.75, 3.05) is 7.11 Å². The molecule has 1 N–H and O–H groups in total. The van der Waals surface area contributed by atoms with Gasteiger partial charge >= 0.3 is 0 Å². The lowest BCUT2D eigenvalue weighted by atomic mass is 9.98. The van der Waals surface area contributed by atoms with Crippen LogP contribution in [0.3, 0.4) is 0 Å². The number of nitrogens with zero attached hydrogens (tertiary/aromatic N) is 1. The lowest BCUT2D eigenvalue weighted by Gasteiger charge is -2.15. The predicted molar refractivity (Wildman–Crippen MR) is 89.1 cm³/mol. The van der Waals surface area contributed by atoms with Crippen molar-refractivity contribution in [3.05, 3.63) is 45.9 Å². The maximum atomic E-state index is 5.19. The average Bonchev–Trinajstić information content (AvgIpc) is 2.94. The molecule has 1 aromatic heterocycles. The Bertz CT molecular complexity index is 569. The number of hydrogen-bond acceptors (Lipinski definition) is 4. The van der Waals surface area contributed by atoms with Gasteiger partial charge in [0, 0.05) is 29.1 Å². The Kier molecular flexibility index (Phi) is 5.01. The number of methoxy groups -OCH3 is 1. The smallest absolute Gasteiger partial charge is 0.118 e. The fourth-order valence-electron chi connectivity index (χ4n) is 2.00. The van der Waals surface area contributed by atoms with E-state index in [0.717, 1.165) is 12.3 Å². The van der Waals surface area contributed by atoms with E-state index in [2.05, 4.69) is 50.1 Å². The van der Waals surface area contributed by atoms with E-state index in [1.54, 1.807) is 18.4 Å². The summed E-state index contributed by atoms with van der Waals surface area (Å²) in [7, 11) is 1.69. The monoisotopic (exact) mass is 304 g/mol. The average molecular weight is 304 g/mol. The van der Waals surface area contributed by atoms with Crippen LogP contribution in [-0.2, 0) is 12.0 Å². The van der Waals surface area contributed by atoms with Crippen molar-refractivity contribution >= 4 is 11.3 Å². The van der Waals surface area contributed by atoms with Gasteiger partial charge in [-0.1, -0.05) is 32.9 Å². The van der Waals surface area contributed by atoms with Gasteiger partial charge in [0.2, 0.25) is 0 Å². The molecule has 4 heteroatoms. The van der Waals surface area contributed by atoms with Crippen LogP contribution < -0.4 is 10.1 Å². The highest BCUT2D eigenvalue weighted by atomic mass is 32.1. The minimum atomic E-state index is 0.129. The quantitative estimate of drug-likeness (QED) is 0.894. The minimum Gasteiger partial charge on any atom is -0.497 e. The highest BCUT2D eigenvalue weighted by molar-refractivity contribution is 7.11. The predicted octanol–water partition coefficient (Wildman–Crippen LogP) is 4.30. The van der Waals surface area contributed by atoms with Crippen LogP contribution in [-0.4, -0.2) is 12.1 Å². The van der Waals surface area contributed by atoms with Crippen LogP contribution in [0.15, 0.2) is 30.5 Å². The summed E-state index contributed by atoms with van der Waals surface area (Å²) in [6.07, 6.45) is 1.99. The molecule has 21 heavy (non-hydrogen) atoms. The second-order valence-corrected chi connectivity index (χ2v) is 7.37. The van der Waals surface area contributed by atoms with E-state index in [9.17, 15) is 0 Å². The fourth-order valence-corrected chi connectivity index (χ4v) is 2.92. The van der Waals surface area contributed by atoms with Crippen molar-refractivity contribution in [2.24, 2.45) is 0 Å². The minimum absolute atomic E-state index is 0.129. The van der Waals surface area contributed by atoms with Gasteiger partial charge < -0.3 is 10.1 Å². The first kappa shape index (κ1) is 16.0. The number of rotatable bonds is 5. The van der Waals surface area contributed by atoms with E-state index in [1.165, 1.54) is 15.4 Å². The standard InChI is InChI=1S/C17H24N2OS/c1-12(13-6-8-14(20-5)9-7-13)18-10-15-11-19-16(21-15)17(2,3)4/h6-9,11-12,18H,10H2,1-5H3. The van der Waals surface area contributed by atoms with Crippen LogP contribution >= 0.6 is 11.3 Å². The largest absolute Gasteiger partial charge is 0.497 e. The third kappa shape index (κ3) is 4.29. The van der Waals surface area contributed by atoms with E-state index in [-0.39, 0.29) is 5.41 Å². The number of aromatic nitrogens is 1. The summed E-state index contributed by atoms with van der Waals surface area (Å²) in [5, 5.41) is 4.74. The van der Waals surface area contributed by atoms with Crippen LogP contribution in [0.4, 0.5) is 0 Å². The number of ether oxygens (including phenoxy) is 1. The Hall–Kier alpha value is -1.39. The van der Waals surface area contributed by atoms with Crippen LogP contribution in [0.1, 0.15) is 49.2 Å². The Morgan fingerprint density at radius 1 is 1.24 bits per heavy atom. The van der Waals surface area contributed by atoms with Gasteiger partial charge in [-0.3, -0.25) is 0 Å². The molecule has 114 valence electrons. The molecule has 0 fully saturated rings. The van der Waals surface area contributed by atoms with E-state index >= 15 is 0 Å². The van der Waals surface area contributed by atoms with Gasteiger partial charge in [-0.25, -0.2) is 4.98 Å². The summed E-state index contributed by atoms with van der Waals surface area (Å²) in [5.74, 6) is 0.892. The van der Waals surface area contributed by atoms with Gasteiger partial charge in [-0.15, -0.1) is 11.3 Å². The third-order valence-electron chi connectivity index (χ3n) is 3.39. The van der Waals surface area contributed by atoms with Crippen LogP contribution in [0.25, 0.3) is 0 Å². The SMILES string of the molecule is COc1ccc(C(C)NCc2cnc(C(C)(C)C)s2)cc1. The van der Waals surface area contributed by atoms with Crippen molar-refractivity contribution in [1.29, 1.82) is 0 Å². The third-order valence-corrected chi connectivity index (χ3v) is 4.82. The van der Waals surface area contributed by atoms with Gasteiger partial charge in [0.1, 0.15) is 5.75 Å². The molecule has 1 atom stereocenters. The summed E-state index contributed by atoms with van der Waals surface area (Å²) in [5.41, 5.74) is 1.39.